The summed E-state index contributed by atoms with van der Waals surface area (Å²) in [6.07, 6.45) is 0.105. The third-order valence-electron chi connectivity index (χ3n) is 3.98. The van der Waals surface area contributed by atoms with E-state index in [0.717, 1.165) is 0 Å². The molecule has 142 valence electrons. The number of fused-ring (bicyclic) bond motifs is 1. The number of hydrogen-bond acceptors (Lipinski definition) is 6. The van der Waals surface area contributed by atoms with E-state index in [4.69, 9.17) is 9.84 Å². The lowest BCUT2D eigenvalue weighted by molar-refractivity contribution is -0.143. The first kappa shape index (κ1) is 19.4. The first-order chi connectivity index (χ1) is 12.3. The molecular weight excluding hydrogens is 344 g/mol. The minimum absolute atomic E-state index is 0.0318. The Hall–Kier alpha value is -2.91. The van der Waals surface area contributed by atoms with Crippen LogP contribution in [0.15, 0.2) is 6.07 Å². The average molecular weight is 366 g/mol. The zero-order chi connectivity index (χ0) is 19.3. The first-order valence-corrected chi connectivity index (χ1v) is 8.37. The minimum Gasteiger partial charge on any atom is -0.481 e. The second-order valence-corrected chi connectivity index (χ2v) is 5.93. The maximum absolute atomic E-state index is 12.5. The maximum atomic E-state index is 12.5. The molecule has 2 rings (SSSR count). The summed E-state index contributed by atoms with van der Waals surface area (Å²) in [5.74, 6) is -2.96. The first-order valence-electron chi connectivity index (χ1n) is 8.37. The largest absolute Gasteiger partial charge is 0.481 e. The Morgan fingerprint density at radius 1 is 1.38 bits per heavy atom. The number of nitrogens with one attached hydrogen (secondary N) is 1. The number of nitrogens with zero attached hydrogens (tertiary/aromatic N) is 3. The number of carboxylic acid groups (broad SMARTS) is 1. The molecule has 0 radical (unpaired) electrons. The number of esters is 1. The smallest absolute Gasteiger partial charge is 0.308 e. The highest BCUT2D eigenvalue weighted by Gasteiger charge is 2.28. The third kappa shape index (κ3) is 4.58. The van der Waals surface area contributed by atoms with Crippen molar-refractivity contribution in [2.75, 3.05) is 26.2 Å². The lowest BCUT2D eigenvalue weighted by atomic mass is 10.2. The number of rotatable bonds is 8. The molecule has 0 saturated carbocycles. The molecule has 2 heterocycles. The Labute approximate surface area is 150 Å². The summed E-state index contributed by atoms with van der Waals surface area (Å²) in [5, 5.41) is 15.4. The molecular formula is C16H22N4O6. The Bertz CT molecular complexity index is 714. The van der Waals surface area contributed by atoms with Crippen molar-refractivity contribution in [2.45, 2.75) is 26.8 Å². The number of aliphatic carboxylic acids is 1. The normalized spacial score (nSPS) is 14.5. The van der Waals surface area contributed by atoms with Crippen LogP contribution in [0.25, 0.3) is 0 Å². The molecule has 2 N–H and O–H groups in total. The topological polar surface area (TPSA) is 131 Å². The summed E-state index contributed by atoms with van der Waals surface area (Å²) in [7, 11) is 0. The van der Waals surface area contributed by atoms with E-state index in [9.17, 15) is 19.2 Å². The van der Waals surface area contributed by atoms with E-state index in [1.165, 1.54) is 22.6 Å². The van der Waals surface area contributed by atoms with Gasteiger partial charge in [0.2, 0.25) is 0 Å². The van der Waals surface area contributed by atoms with E-state index < -0.39 is 17.8 Å². The molecule has 0 saturated heterocycles. The predicted octanol–water partition coefficient (Wildman–Crippen LogP) is -0.257. The molecule has 1 aliphatic rings. The van der Waals surface area contributed by atoms with Gasteiger partial charge in [-0.2, -0.15) is 5.10 Å². The molecule has 0 aliphatic carbocycles. The fourth-order valence-corrected chi connectivity index (χ4v) is 2.45. The van der Waals surface area contributed by atoms with Crippen molar-refractivity contribution >= 4 is 23.8 Å². The van der Waals surface area contributed by atoms with E-state index in [-0.39, 0.29) is 42.8 Å². The molecule has 10 heteroatoms. The Balaban J connectivity index is 1.98. The van der Waals surface area contributed by atoms with Gasteiger partial charge in [-0.3, -0.25) is 23.9 Å². The molecule has 0 spiro atoms. The number of hydrogen-bond donors (Lipinski definition) is 2. The van der Waals surface area contributed by atoms with Gasteiger partial charge in [0.15, 0.2) is 5.69 Å². The van der Waals surface area contributed by atoms with Crippen molar-refractivity contribution < 1.29 is 29.0 Å². The van der Waals surface area contributed by atoms with Crippen LogP contribution >= 0.6 is 0 Å². The number of carbonyl (C=O) groups is 4. The predicted molar refractivity (Wildman–Crippen MR) is 88.5 cm³/mol. The van der Waals surface area contributed by atoms with E-state index in [1.807, 2.05) is 0 Å². The number of ether oxygens (including phenoxy) is 1. The second kappa shape index (κ2) is 8.45. The fourth-order valence-electron chi connectivity index (χ4n) is 2.45. The quantitative estimate of drug-likeness (QED) is 0.606. The minimum atomic E-state index is -1.01. The van der Waals surface area contributed by atoms with Crippen molar-refractivity contribution in [1.29, 1.82) is 0 Å². The van der Waals surface area contributed by atoms with Crippen LogP contribution in [0.4, 0.5) is 0 Å². The van der Waals surface area contributed by atoms with E-state index in [1.54, 1.807) is 6.92 Å². The summed E-state index contributed by atoms with van der Waals surface area (Å²) in [4.78, 5) is 48.3. The number of carboxylic acids is 1. The lowest BCUT2D eigenvalue weighted by Gasteiger charge is -2.26. The van der Waals surface area contributed by atoms with Crippen LogP contribution in [0, 0.1) is 5.92 Å². The van der Waals surface area contributed by atoms with Gasteiger partial charge in [0.25, 0.3) is 11.8 Å². The van der Waals surface area contributed by atoms with E-state index >= 15 is 0 Å². The third-order valence-corrected chi connectivity index (χ3v) is 3.98. The highest BCUT2D eigenvalue weighted by molar-refractivity contribution is 5.98. The van der Waals surface area contributed by atoms with Crippen molar-refractivity contribution in [3.05, 3.63) is 17.5 Å². The van der Waals surface area contributed by atoms with Crippen LogP contribution in [0.5, 0.6) is 0 Å². The summed E-state index contributed by atoms with van der Waals surface area (Å²) in [6, 6.07) is 1.37. The fraction of sp³-hybridized carbons (Fsp3) is 0.562. The standard InChI is InChI=1S/C16H22N4O6/c1-3-26-13(21)4-5-19-6-7-20-12(15(19)23)8-11(18-20)14(22)17-9-10(2)16(24)25/h8,10H,3-7,9H2,1-2H3,(H,17,22)(H,24,25)/t10-/m0/s1. The van der Waals surface area contributed by atoms with Gasteiger partial charge < -0.3 is 20.1 Å². The molecule has 26 heavy (non-hydrogen) atoms. The van der Waals surface area contributed by atoms with Gasteiger partial charge in [0.05, 0.1) is 25.5 Å². The van der Waals surface area contributed by atoms with Crippen molar-refractivity contribution in [1.82, 2.24) is 20.0 Å². The van der Waals surface area contributed by atoms with Gasteiger partial charge >= 0.3 is 11.9 Å². The lowest BCUT2D eigenvalue weighted by Crippen LogP contribution is -2.41. The molecule has 0 bridgehead atoms. The van der Waals surface area contributed by atoms with Crippen LogP contribution in [-0.4, -0.2) is 69.8 Å². The number of aromatic nitrogens is 2. The highest BCUT2D eigenvalue weighted by Crippen LogP contribution is 2.14. The highest BCUT2D eigenvalue weighted by atomic mass is 16.5. The summed E-state index contributed by atoms with van der Waals surface area (Å²) in [6.45, 7) is 4.47. The number of amides is 2. The van der Waals surface area contributed by atoms with Gasteiger partial charge in [-0.15, -0.1) is 0 Å². The number of carbonyl (C=O) groups excluding carboxylic acids is 3. The summed E-state index contributed by atoms with van der Waals surface area (Å²) < 4.78 is 6.29. The van der Waals surface area contributed by atoms with Gasteiger partial charge in [0, 0.05) is 25.7 Å². The van der Waals surface area contributed by atoms with Gasteiger partial charge in [-0.1, -0.05) is 6.92 Å². The molecule has 10 nitrogen and oxygen atoms in total. The molecule has 1 atom stereocenters. The monoisotopic (exact) mass is 366 g/mol. The van der Waals surface area contributed by atoms with Crippen LogP contribution in [0.1, 0.15) is 41.2 Å². The summed E-state index contributed by atoms with van der Waals surface area (Å²) >= 11 is 0. The molecule has 0 aromatic carbocycles. The molecule has 0 fully saturated rings. The molecule has 1 aromatic rings. The van der Waals surface area contributed by atoms with Crippen molar-refractivity contribution in [2.24, 2.45) is 5.92 Å². The average Bonchev–Trinajstić information content (AvgIpc) is 3.04. The van der Waals surface area contributed by atoms with Crippen LogP contribution in [0.2, 0.25) is 0 Å². The molecule has 2 amide bonds. The van der Waals surface area contributed by atoms with Gasteiger partial charge in [-0.25, -0.2) is 0 Å². The Morgan fingerprint density at radius 2 is 2.12 bits per heavy atom. The molecule has 1 aromatic heterocycles. The summed E-state index contributed by atoms with van der Waals surface area (Å²) in [5.41, 5.74) is 0.315. The van der Waals surface area contributed by atoms with Crippen LogP contribution in [-0.2, 0) is 20.9 Å². The van der Waals surface area contributed by atoms with Crippen LogP contribution < -0.4 is 5.32 Å². The van der Waals surface area contributed by atoms with Crippen molar-refractivity contribution in [3.8, 4) is 0 Å². The SMILES string of the molecule is CCOC(=O)CCN1CCn2nc(C(=O)NC[C@H](C)C(=O)O)cc2C1=O. The maximum Gasteiger partial charge on any atom is 0.308 e. The van der Waals surface area contributed by atoms with E-state index in [0.29, 0.717) is 19.7 Å². The van der Waals surface area contributed by atoms with E-state index in [2.05, 4.69) is 10.4 Å². The van der Waals surface area contributed by atoms with Gasteiger partial charge in [-0.05, 0) is 6.92 Å². The Morgan fingerprint density at radius 3 is 2.77 bits per heavy atom. The van der Waals surface area contributed by atoms with Crippen molar-refractivity contribution in [3.63, 3.8) is 0 Å². The zero-order valence-corrected chi connectivity index (χ0v) is 14.7. The van der Waals surface area contributed by atoms with Crippen LogP contribution in [0.3, 0.4) is 0 Å². The molecule has 0 unspecified atom stereocenters. The second-order valence-electron chi connectivity index (χ2n) is 5.93. The molecule has 1 aliphatic heterocycles. The Kier molecular flexibility index (Phi) is 6.31. The zero-order valence-electron chi connectivity index (χ0n) is 14.7. The van der Waals surface area contributed by atoms with Gasteiger partial charge in [0.1, 0.15) is 5.69 Å².